The molecule has 0 aliphatic heterocycles. The molecule has 94 valence electrons. The molecule has 0 bridgehead atoms. The van der Waals surface area contributed by atoms with E-state index < -0.39 is 0 Å². The SMILES string of the molecule is Cn1ccnc1CCNC1CC1c1ccccc1. The maximum atomic E-state index is 4.33. The lowest BCUT2D eigenvalue weighted by molar-refractivity contribution is 0.641. The standard InChI is InChI=1S/C15H19N3/c1-18-10-9-17-15(18)7-8-16-14-11-13(14)12-5-3-2-4-6-12/h2-6,9-10,13-14,16H,7-8,11H2,1H3. The van der Waals surface area contributed by atoms with Crippen LogP contribution in [-0.2, 0) is 13.5 Å². The first-order chi connectivity index (χ1) is 8.84. The van der Waals surface area contributed by atoms with E-state index in [0.29, 0.717) is 12.0 Å². The summed E-state index contributed by atoms with van der Waals surface area (Å²) in [6, 6.07) is 11.4. The molecule has 3 heteroatoms. The third kappa shape index (κ3) is 2.46. The van der Waals surface area contributed by atoms with Gasteiger partial charge in [-0.05, 0) is 12.0 Å². The molecule has 1 aliphatic rings. The highest BCUT2D eigenvalue weighted by Crippen LogP contribution is 2.40. The van der Waals surface area contributed by atoms with Crippen LogP contribution in [0.2, 0.25) is 0 Å². The average Bonchev–Trinajstić information content (AvgIpc) is 3.07. The summed E-state index contributed by atoms with van der Waals surface area (Å²) in [4.78, 5) is 4.33. The Bertz CT molecular complexity index is 503. The van der Waals surface area contributed by atoms with E-state index in [0.717, 1.165) is 18.8 Å². The first kappa shape index (κ1) is 11.5. The van der Waals surface area contributed by atoms with Crippen molar-refractivity contribution in [3.63, 3.8) is 0 Å². The first-order valence-electron chi connectivity index (χ1n) is 6.59. The molecule has 1 fully saturated rings. The highest BCUT2D eigenvalue weighted by molar-refractivity contribution is 5.27. The second-order valence-electron chi connectivity index (χ2n) is 5.02. The van der Waals surface area contributed by atoms with Crippen LogP contribution in [-0.4, -0.2) is 22.1 Å². The summed E-state index contributed by atoms with van der Waals surface area (Å²) in [5, 5.41) is 3.62. The van der Waals surface area contributed by atoms with Crippen LogP contribution in [0.3, 0.4) is 0 Å². The molecule has 0 spiro atoms. The Balaban J connectivity index is 1.45. The highest BCUT2D eigenvalue weighted by atomic mass is 15.0. The Kier molecular flexibility index (Phi) is 3.15. The number of nitrogens with one attached hydrogen (secondary N) is 1. The fraction of sp³-hybridized carbons (Fsp3) is 0.400. The van der Waals surface area contributed by atoms with E-state index in [2.05, 4.69) is 45.2 Å². The van der Waals surface area contributed by atoms with Crippen molar-refractivity contribution in [1.82, 2.24) is 14.9 Å². The minimum Gasteiger partial charge on any atom is -0.338 e. The number of aryl methyl sites for hydroxylation is 1. The molecule has 3 nitrogen and oxygen atoms in total. The van der Waals surface area contributed by atoms with Gasteiger partial charge in [-0.2, -0.15) is 0 Å². The molecule has 1 aromatic heterocycles. The molecule has 18 heavy (non-hydrogen) atoms. The van der Waals surface area contributed by atoms with Gasteiger partial charge in [-0.25, -0.2) is 4.98 Å². The number of rotatable bonds is 5. The molecular weight excluding hydrogens is 222 g/mol. The van der Waals surface area contributed by atoms with E-state index in [1.807, 2.05) is 19.4 Å². The maximum Gasteiger partial charge on any atom is 0.109 e. The van der Waals surface area contributed by atoms with Crippen LogP contribution in [0.15, 0.2) is 42.7 Å². The van der Waals surface area contributed by atoms with Crippen molar-refractivity contribution in [2.24, 2.45) is 7.05 Å². The van der Waals surface area contributed by atoms with Crippen molar-refractivity contribution in [2.45, 2.75) is 24.8 Å². The zero-order valence-corrected chi connectivity index (χ0v) is 10.7. The predicted octanol–water partition coefficient (Wildman–Crippen LogP) is 2.11. The Hall–Kier alpha value is -1.61. The summed E-state index contributed by atoms with van der Waals surface area (Å²) in [6.45, 7) is 1.01. The number of aromatic nitrogens is 2. The topological polar surface area (TPSA) is 29.9 Å². The van der Waals surface area contributed by atoms with Gasteiger partial charge in [0.25, 0.3) is 0 Å². The predicted molar refractivity (Wildman–Crippen MR) is 72.5 cm³/mol. The van der Waals surface area contributed by atoms with Crippen LogP contribution < -0.4 is 5.32 Å². The molecule has 1 N–H and O–H groups in total. The lowest BCUT2D eigenvalue weighted by atomic mass is 10.1. The van der Waals surface area contributed by atoms with Gasteiger partial charge in [0.1, 0.15) is 5.82 Å². The van der Waals surface area contributed by atoms with E-state index in [4.69, 9.17) is 0 Å². The fourth-order valence-corrected chi connectivity index (χ4v) is 2.50. The Labute approximate surface area is 108 Å². The van der Waals surface area contributed by atoms with Gasteiger partial charge in [0.15, 0.2) is 0 Å². The number of hydrogen-bond acceptors (Lipinski definition) is 2. The van der Waals surface area contributed by atoms with Crippen LogP contribution >= 0.6 is 0 Å². The lowest BCUT2D eigenvalue weighted by Gasteiger charge is -2.04. The van der Waals surface area contributed by atoms with Crippen molar-refractivity contribution >= 4 is 0 Å². The maximum absolute atomic E-state index is 4.33. The third-order valence-electron chi connectivity index (χ3n) is 3.69. The van der Waals surface area contributed by atoms with E-state index in [1.165, 1.54) is 12.0 Å². The zero-order valence-electron chi connectivity index (χ0n) is 10.7. The van der Waals surface area contributed by atoms with Crippen molar-refractivity contribution in [2.75, 3.05) is 6.54 Å². The molecule has 1 aromatic carbocycles. The van der Waals surface area contributed by atoms with Crippen LogP contribution in [0.5, 0.6) is 0 Å². The molecule has 3 rings (SSSR count). The summed E-state index contributed by atoms with van der Waals surface area (Å²) >= 11 is 0. The smallest absolute Gasteiger partial charge is 0.109 e. The number of benzene rings is 1. The molecule has 0 saturated heterocycles. The Morgan fingerprint density at radius 3 is 2.89 bits per heavy atom. The van der Waals surface area contributed by atoms with Crippen LogP contribution in [0, 0.1) is 0 Å². The van der Waals surface area contributed by atoms with Crippen LogP contribution in [0.25, 0.3) is 0 Å². The van der Waals surface area contributed by atoms with Gasteiger partial charge in [0.2, 0.25) is 0 Å². The number of nitrogens with zero attached hydrogens (tertiary/aromatic N) is 2. The first-order valence-corrected chi connectivity index (χ1v) is 6.59. The summed E-state index contributed by atoms with van der Waals surface area (Å²) < 4.78 is 2.09. The van der Waals surface area contributed by atoms with Crippen molar-refractivity contribution < 1.29 is 0 Å². The van der Waals surface area contributed by atoms with E-state index in [-0.39, 0.29) is 0 Å². The van der Waals surface area contributed by atoms with Crippen molar-refractivity contribution in [3.05, 3.63) is 54.1 Å². The van der Waals surface area contributed by atoms with Crippen LogP contribution in [0.1, 0.15) is 23.7 Å². The second kappa shape index (κ2) is 4.94. The Morgan fingerprint density at radius 2 is 2.17 bits per heavy atom. The molecule has 1 aliphatic carbocycles. The third-order valence-corrected chi connectivity index (χ3v) is 3.69. The second-order valence-corrected chi connectivity index (χ2v) is 5.02. The van der Waals surface area contributed by atoms with E-state index >= 15 is 0 Å². The number of hydrogen-bond donors (Lipinski definition) is 1. The fourth-order valence-electron chi connectivity index (χ4n) is 2.50. The molecule has 1 heterocycles. The molecule has 2 unspecified atom stereocenters. The highest BCUT2D eigenvalue weighted by Gasteiger charge is 2.37. The van der Waals surface area contributed by atoms with Gasteiger partial charge in [-0.15, -0.1) is 0 Å². The van der Waals surface area contributed by atoms with Gasteiger partial charge in [0.05, 0.1) is 0 Å². The van der Waals surface area contributed by atoms with Gasteiger partial charge < -0.3 is 9.88 Å². The van der Waals surface area contributed by atoms with E-state index in [1.54, 1.807) is 0 Å². The van der Waals surface area contributed by atoms with Crippen LogP contribution in [0.4, 0.5) is 0 Å². The molecule has 2 atom stereocenters. The van der Waals surface area contributed by atoms with Crippen molar-refractivity contribution in [1.29, 1.82) is 0 Å². The summed E-state index contributed by atoms with van der Waals surface area (Å²) in [6.07, 6.45) is 6.13. The van der Waals surface area contributed by atoms with Gasteiger partial charge >= 0.3 is 0 Å². The quantitative estimate of drug-likeness (QED) is 0.869. The average molecular weight is 241 g/mol. The van der Waals surface area contributed by atoms with Crippen molar-refractivity contribution in [3.8, 4) is 0 Å². The monoisotopic (exact) mass is 241 g/mol. The normalized spacial score (nSPS) is 22.1. The van der Waals surface area contributed by atoms with Gasteiger partial charge in [0, 0.05) is 44.4 Å². The molecule has 0 amide bonds. The minimum absolute atomic E-state index is 0.660. The molecule has 1 saturated carbocycles. The molecule has 0 radical (unpaired) electrons. The Morgan fingerprint density at radius 1 is 1.33 bits per heavy atom. The molecule has 2 aromatic rings. The lowest BCUT2D eigenvalue weighted by Crippen LogP contribution is -2.21. The number of imidazole rings is 1. The summed E-state index contributed by atoms with van der Waals surface area (Å²) in [7, 11) is 2.05. The van der Waals surface area contributed by atoms with Gasteiger partial charge in [-0.1, -0.05) is 30.3 Å². The van der Waals surface area contributed by atoms with Gasteiger partial charge in [-0.3, -0.25) is 0 Å². The summed E-state index contributed by atoms with van der Waals surface area (Å²) in [5.41, 5.74) is 1.46. The zero-order chi connectivity index (χ0) is 12.4. The minimum atomic E-state index is 0.660. The largest absolute Gasteiger partial charge is 0.338 e. The molecular formula is C15H19N3. The summed E-state index contributed by atoms with van der Waals surface area (Å²) in [5.74, 6) is 1.87. The van der Waals surface area contributed by atoms with E-state index in [9.17, 15) is 0 Å².